The second-order valence-electron chi connectivity index (χ2n) is 4.97. The molecule has 2 aromatic carbocycles. The molecule has 1 aliphatic rings. The molecular formula is C15H14ClN3O3S. The molecule has 3 rings (SSSR count). The van der Waals surface area contributed by atoms with Crippen molar-refractivity contribution >= 4 is 39.0 Å². The first-order valence-corrected chi connectivity index (χ1v) is 8.76. The van der Waals surface area contributed by atoms with Crippen molar-refractivity contribution in [3.8, 4) is 0 Å². The zero-order chi connectivity index (χ0) is 16.4. The second kappa shape index (κ2) is 6.10. The van der Waals surface area contributed by atoms with Crippen molar-refractivity contribution in [2.45, 2.75) is 4.90 Å². The van der Waals surface area contributed by atoms with Crippen LogP contribution in [0.1, 0.15) is 0 Å². The van der Waals surface area contributed by atoms with Gasteiger partial charge in [0.25, 0.3) is 10.0 Å². The molecule has 1 fully saturated rings. The minimum absolute atomic E-state index is 0.0182. The third-order valence-corrected chi connectivity index (χ3v) is 5.30. The number of rotatable bonds is 4. The summed E-state index contributed by atoms with van der Waals surface area (Å²) in [5.41, 5.74) is 1.11. The Morgan fingerprint density at radius 1 is 1.09 bits per heavy atom. The summed E-state index contributed by atoms with van der Waals surface area (Å²) in [6.45, 7) is 1.18. The molecular weight excluding hydrogens is 338 g/mol. The smallest absolute Gasteiger partial charge is 0.321 e. The van der Waals surface area contributed by atoms with Crippen LogP contribution in [0.15, 0.2) is 53.4 Å². The summed E-state index contributed by atoms with van der Waals surface area (Å²) in [6.07, 6.45) is 0. The SMILES string of the molecule is O=C1NCCN1c1ccc(NS(=O)(=O)c2ccccc2Cl)cc1. The Labute approximate surface area is 139 Å². The van der Waals surface area contributed by atoms with Crippen LogP contribution in [0.4, 0.5) is 16.2 Å². The van der Waals surface area contributed by atoms with Crippen molar-refractivity contribution < 1.29 is 13.2 Å². The van der Waals surface area contributed by atoms with Crippen molar-refractivity contribution in [2.24, 2.45) is 0 Å². The number of carbonyl (C=O) groups is 1. The van der Waals surface area contributed by atoms with Crippen molar-refractivity contribution in [1.82, 2.24) is 5.32 Å². The van der Waals surface area contributed by atoms with E-state index in [0.29, 0.717) is 24.5 Å². The number of hydrogen-bond donors (Lipinski definition) is 2. The molecule has 8 heteroatoms. The average molecular weight is 352 g/mol. The lowest BCUT2D eigenvalue weighted by Crippen LogP contribution is -2.27. The molecule has 23 heavy (non-hydrogen) atoms. The molecule has 1 aliphatic heterocycles. The van der Waals surface area contributed by atoms with Crippen LogP contribution in [0, 0.1) is 0 Å². The van der Waals surface area contributed by atoms with Crippen molar-refractivity contribution in [1.29, 1.82) is 0 Å². The third kappa shape index (κ3) is 3.25. The number of nitrogens with zero attached hydrogens (tertiary/aromatic N) is 1. The summed E-state index contributed by atoms with van der Waals surface area (Å²) in [4.78, 5) is 13.2. The Morgan fingerprint density at radius 3 is 2.39 bits per heavy atom. The number of sulfonamides is 1. The van der Waals surface area contributed by atoms with Gasteiger partial charge in [0, 0.05) is 24.5 Å². The first kappa shape index (κ1) is 15.6. The van der Waals surface area contributed by atoms with Gasteiger partial charge < -0.3 is 5.32 Å². The van der Waals surface area contributed by atoms with Crippen LogP contribution in [-0.2, 0) is 10.0 Å². The van der Waals surface area contributed by atoms with E-state index in [2.05, 4.69) is 10.0 Å². The molecule has 120 valence electrons. The maximum atomic E-state index is 12.3. The van der Waals surface area contributed by atoms with E-state index in [0.717, 1.165) is 0 Å². The molecule has 2 N–H and O–H groups in total. The van der Waals surface area contributed by atoms with Crippen molar-refractivity contribution in [2.75, 3.05) is 22.7 Å². The lowest BCUT2D eigenvalue weighted by Gasteiger charge is -2.15. The van der Waals surface area contributed by atoms with Crippen LogP contribution in [0.3, 0.4) is 0 Å². The fourth-order valence-electron chi connectivity index (χ4n) is 2.30. The predicted octanol–water partition coefficient (Wildman–Crippen LogP) is 2.67. The van der Waals surface area contributed by atoms with Crippen LogP contribution < -0.4 is 14.9 Å². The van der Waals surface area contributed by atoms with Crippen molar-refractivity contribution in [3.05, 3.63) is 53.6 Å². The topological polar surface area (TPSA) is 78.5 Å². The Morgan fingerprint density at radius 2 is 1.78 bits per heavy atom. The van der Waals surface area contributed by atoms with E-state index in [-0.39, 0.29) is 15.9 Å². The molecule has 1 saturated heterocycles. The van der Waals surface area contributed by atoms with E-state index < -0.39 is 10.0 Å². The van der Waals surface area contributed by atoms with Crippen LogP contribution in [0.5, 0.6) is 0 Å². The maximum absolute atomic E-state index is 12.3. The Kier molecular flexibility index (Phi) is 4.14. The summed E-state index contributed by atoms with van der Waals surface area (Å²) >= 11 is 5.93. The molecule has 1 heterocycles. The van der Waals surface area contributed by atoms with Crippen LogP contribution in [0.2, 0.25) is 5.02 Å². The molecule has 0 unspecified atom stereocenters. The molecule has 0 aromatic heterocycles. The van der Waals surface area contributed by atoms with Gasteiger partial charge in [-0.15, -0.1) is 0 Å². The summed E-state index contributed by atoms with van der Waals surface area (Å²) in [5.74, 6) is 0. The van der Waals surface area contributed by atoms with Gasteiger partial charge >= 0.3 is 6.03 Å². The van der Waals surface area contributed by atoms with Crippen LogP contribution in [0.25, 0.3) is 0 Å². The standard InChI is InChI=1S/C15H14ClN3O3S/c16-13-3-1-2-4-14(13)23(21,22)18-11-5-7-12(8-6-11)19-10-9-17-15(19)20/h1-8,18H,9-10H2,(H,17,20). The van der Waals surface area contributed by atoms with Gasteiger partial charge in [0.2, 0.25) is 0 Å². The first-order valence-electron chi connectivity index (χ1n) is 6.90. The van der Waals surface area contributed by atoms with E-state index in [9.17, 15) is 13.2 Å². The molecule has 0 saturated carbocycles. The van der Waals surface area contributed by atoms with Gasteiger partial charge in [-0.2, -0.15) is 0 Å². The zero-order valence-electron chi connectivity index (χ0n) is 12.0. The molecule has 0 bridgehead atoms. The lowest BCUT2D eigenvalue weighted by molar-refractivity contribution is 0.252. The number of nitrogens with one attached hydrogen (secondary N) is 2. The van der Waals surface area contributed by atoms with E-state index in [1.165, 1.54) is 12.1 Å². The van der Waals surface area contributed by atoms with Crippen LogP contribution in [-0.4, -0.2) is 27.5 Å². The Hall–Kier alpha value is -2.25. The van der Waals surface area contributed by atoms with E-state index >= 15 is 0 Å². The number of anilines is 2. The average Bonchev–Trinajstić information content (AvgIpc) is 2.94. The Balaban J connectivity index is 1.81. The summed E-state index contributed by atoms with van der Waals surface area (Å²) < 4.78 is 27.2. The zero-order valence-corrected chi connectivity index (χ0v) is 13.6. The second-order valence-corrected chi connectivity index (χ2v) is 7.02. The summed E-state index contributed by atoms with van der Waals surface area (Å²) in [5, 5.41) is 2.87. The fourth-order valence-corrected chi connectivity index (χ4v) is 3.88. The molecule has 6 nitrogen and oxygen atoms in total. The van der Waals surface area contributed by atoms with Crippen LogP contribution >= 0.6 is 11.6 Å². The number of benzene rings is 2. The monoisotopic (exact) mass is 351 g/mol. The van der Waals surface area contributed by atoms with Gasteiger partial charge in [-0.3, -0.25) is 9.62 Å². The van der Waals surface area contributed by atoms with E-state index in [4.69, 9.17) is 11.6 Å². The molecule has 2 amide bonds. The normalized spacial score (nSPS) is 14.7. The number of carbonyl (C=O) groups excluding carboxylic acids is 1. The summed E-state index contributed by atoms with van der Waals surface area (Å²) in [7, 11) is -3.76. The minimum Gasteiger partial charge on any atom is -0.336 e. The van der Waals surface area contributed by atoms with E-state index in [1.807, 2.05) is 0 Å². The lowest BCUT2D eigenvalue weighted by atomic mass is 10.2. The minimum atomic E-state index is -3.76. The van der Waals surface area contributed by atoms with Gasteiger partial charge in [0.05, 0.1) is 5.02 Å². The molecule has 0 atom stereocenters. The van der Waals surface area contributed by atoms with Gasteiger partial charge in [-0.05, 0) is 36.4 Å². The van der Waals surface area contributed by atoms with Crippen molar-refractivity contribution in [3.63, 3.8) is 0 Å². The van der Waals surface area contributed by atoms with Gasteiger partial charge in [0.1, 0.15) is 4.90 Å². The predicted molar refractivity (Wildman–Crippen MR) is 89.4 cm³/mol. The first-order chi connectivity index (χ1) is 11.0. The van der Waals surface area contributed by atoms with Gasteiger partial charge in [0.15, 0.2) is 0 Å². The Bertz CT molecular complexity index is 837. The number of amides is 2. The van der Waals surface area contributed by atoms with Gasteiger partial charge in [-0.25, -0.2) is 13.2 Å². The fraction of sp³-hybridized carbons (Fsp3) is 0.133. The number of hydrogen-bond acceptors (Lipinski definition) is 3. The molecule has 0 spiro atoms. The van der Waals surface area contributed by atoms with Gasteiger partial charge in [-0.1, -0.05) is 23.7 Å². The highest BCUT2D eigenvalue weighted by atomic mass is 35.5. The van der Waals surface area contributed by atoms with E-state index in [1.54, 1.807) is 41.3 Å². The molecule has 0 radical (unpaired) electrons. The molecule has 0 aliphatic carbocycles. The maximum Gasteiger partial charge on any atom is 0.321 e. The highest BCUT2D eigenvalue weighted by molar-refractivity contribution is 7.92. The highest BCUT2D eigenvalue weighted by Crippen LogP contribution is 2.25. The molecule has 2 aromatic rings. The number of urea groups is 1. The quantitative estimate of drug-likeness (QED) is 0.888. The largest absolute Gasteiger partial charge is 0.336 e. The third-order valence-electron chi connectivity index (χ3n) is 3.41. The number of halogens is 1. The summed E-state index contributed by atoms with van der Waals surface area (Å²) in [6, 6.07) is 12.7. The highest BCUT2D eigenvalue weighted by Gasteiger charge is 2.21.